The maximum Gasteiger partial charge on any atom is 0.397 e. The van der Waals surface area contributed by atoms with Gasteiger partial charge in [0.25, 0.3) is 0 Å². The predicted octanol–water partition coefficient (Wildman–Crippen LogP) is 4.72. The average molecular weight is 700 g/mol. The second kappa shape index (κ2) is 30.1. The first-order valence-electron chi connectivity index (χ1n) is 9.63. The molecule has 0 saturated carbocycles. The zero-order chi connectivity index (χ0) is 25.9. The molecule has 0 spiro atoms. The summed E-state index contributed by atoms with van der Waals surface area (Å²) in [6.45, 7) is 10.9. The standard InChI is InChI=1S/2C9H11O3P.4CH2O.W/c2*1-2-5-9(6-3-1)12-13-10-7-4-8-11-13;4*1-2;/h2*1-3,5-6H,4,7-8H2;4*1H2;. The molecule has 0 atom stereocenters. The van der Waals surface area contributed by atoms with Gasteiger partial charge in [0, 0.05) is 21.1 Å². The molecular formula is C22H30O10P2W. The van der Waals surface area contributed by atoms with Crippen molar-refractivity contribution in [3.63, 3.8) is 0 Å². The fourth-order valence-corrected chi connectivity index (χ4v) is 4.05. The van der Waals surface area contributed by atoms with E-state index in [4.69, 9.17) is 46.3 Å². The predicted molar refractivity (Wildman–Crippen MR) is 130 cm³/mol. The maximum absolute atomic E-state index is 8.00. The zero-order valence-electron chi connectivity index (χ0n) is 19.2. The van der Waals surface area contributed by atoms with Crippen LogP contribution in [0, 0.1) is 0 Å². The number of carbonyl (C=O) groups excluding carboxylic acids is 4. The summed E-state index contributed by atoms with van der Waals surface area (Å²) in [4.78, 5) is 32.0. The second-order valence-electron chi connectivity index (χ2n) is 5.30. The third kappa shape index (κ3) is 20.0. The Balaban J connectivity index is -0.000000446. The molecule has 0 unspecified atom stereocenters. The van der Waals surface area contributed by atoms with E-state index in [0.717, 1.165) is 50.8 Å². The van der Waals surface area contributed by atoms with Crippen LogP contribution in [0.3, 0.4) is 0 Å². The van der Waals surface area contributed by atoms with Crippen molar-refractivity contribution in [2.24, 2.45) is 0 Å². The van der Waals surface area contributed by atoms with Gasteiger partial charge < -0.3 is 46.3 Å². The Hall–Kier alpha value is -1.89. The van der Waals surface area contributed by atoms with Gasteiger partial charge in [0.15, 0.2) is 0 Å². The number of hydrogen-bond donors (Lipinski definition) is 0. The third-order valence-corrected chi connectivity index (χ3v) is 5.50. The largest absolute Gasteiger partial charge is 0.427 e. The molecule has 0 aromatic heterocycles. The molecule has 0 aliphatic carbocycles. The molecule has 4 rings (SSSR count). The van der Waals surface area contributed by atoms with Crippen LogP contribution in [0.1, 0.15) is 12.8 Å². The summed E-state index contributed by atoms with van der Waals surface area (Å²) in [5, 5.41) is 0. The minimum absolute atomic E-state index is 0. The topological polar surface area (TPSA) is 124 Å². The van der Waals surface area contributed by atoms with E-state index in [2.05, 4.69) is 0 Å². The number of carbonyl (C=O) groups is 4. The van der Waals surface area contributed by atoms with Gasteiger partial charge in [-0.2, -0.15) is 0 Å². The summed E-state index contributed by atoms with van der Waals surface area (Å²) >= 11 is 0. The molecule has 0 N–H and O–H groups in total. The maximum atomic E-state index is 8.00. The minimum Gasteiger partial charge on any atom is -0.427 e. The normalized spacial score (nSPS) is 14.2. The fraction of sp³-hybridized carbons (Fsp3) is 0.273. The van der Waals surface area contributed by atoms with Gasteiger partial charge in [-0.3, -0.25) is 0 Å². The fourth-order valence-electron chi connectivity index (χ4n) is 1.99. The Kier molecular flexibility index (Phi) is 32.4. The molecule has 2 aliphatic rings. The Bertz CT molecular complexity index is 615. The van der Waals surface area contributed by atoms with Crippen molar-refractivity contribution < 1.29 is 67.4 Å². The average Bonchev–Trinajstić information content (AvgIpc) is 2.96. The summed E-state index contributed by atoms with van der Waals surface area (Å²) in [5.74, 6) is 1.60. The van der Waals surface area contributed by atoms with Crippen molar-refractivity contribution in [1.82, 2.24) is 0 Å². The summed E-state index contributed by atoms with van der Waals surface area (Å²) in [6, 6.07) is 19.2. The molecule has 2 aromatic rings. The minimum atomic E-state index is -1.15. The van der Waals surface area contributed by atoms with Crippen LogP contribution >= 0.6 is 17.2 Å². The summed E-state index contributed by atoms with van der Waals surface area (Å²) in [7, 11) is -2.30. The molecule has 35 heavy (non-hydrogen) atoms. The van der Waals surface area contributed by atoms with Crippen LogP contribution in [-0.2, 0) is 58.3 Å². The summed E-state index contributed by atoms with van der Waals surface area (Å²) in [6.07, 6.45) is 1.91. The second-order valence-corrected chi connectivity index (χ2v) is 7.59. The molecule has 13 heteroatoms. The Morgan fingerprint density at radius 3 is 1.03 bits per heavy atom. The van der Waals surface area contributed by atoms with E-state index in [1.54, 1.807) is 0 Å². The van der Waals surface area contributed by atoms with E-state index in [1.807, 2.05) is 87.8 Å². The monoisotopic (exact) mass is 700 g/mol. The quantitative estimate of drug-likeness (QED) is 0.415. The first-order chi connectivity index (χ1) is 16.9. The number of hydrogen-bond acceptors (Lipinski definition) is 10. The Morgan fingerprint density at radius 1 is 0.514 bits per heavy atom. The first-order valence-corrected chi connectivity index (χ1v) is 11.8. The van der Waals surface area contributed by atoms with E-state index in [0.29, 0.717) is 0 Å². The van der Waals surface area contributed by atoms with E-state index in [9.17, 15) is 0 Å². The Morgan fingerprint density at radius 2 is 0.771 bits per heavy atom. The zero-order valence-corrected chi connectivity index (χ0v) is 24.0. The van der Waals surface area contributed by atoms with Crippen LogP contribution in [0.25, 0.3) is 0 Å². The van der Waals surface area contributed by atoms with Crippen molar-refractivity contribution in [3.8, 4) is 11.5 Å². The van der Waals surface area contributed by atoms with Gasteiger partial charge in [0.05, 0.1) is 26.4 Å². The van der Waals surface area contributed by atoms with Gasteiger partial charge in [-0.25, -0.2) is 0 Å². The van der Waals surface area contributed by atoms with Crippen LogP contribution in [0.4, 0.5) is 0 Å². The van der Waals surface area contributed by atoms with Gasteiger partial charge in [-0.15, -0.1) is 0 Å². The molecule has 2 fully saturated rings. The van der Waals surface area contributed by atoms with Crippen molar-refractivity contribution in [1.29, 1.82) is 0 Å². The van der Waals surface area contributed by atoms with Crippen molar-refractivity contribution >= 4 is 44.4 Å². The van der Waals surface area contributed by atoms with Gasteiger partial charge >= 0.3 is 17.2 Å². The third-order valence-electron chi connectivity index (χ3n) is 3.21. The van der Waals surface area contributed by atoms with Gasteiger partial charge in [-0.05, 0) is 37.1 Å². The van der Waals surface area contributed by atoms with E-state index >= 15 is 0 Å². The smallest absolute Gasteiger partial charge is 0.397 e. The molecule has 10 nitrogen and oxygen atoms in total. The Labute approximate surface area is 222 Å². The molecule has 194 valence electrons. The first kappa shape index (κ1) is 37.7. The van der Waals surface area contributed by atoms with Crippen LogP contribution in [-0.4, -0.2) is 53.6 Å². The summed E-state index contributed by atoms with van der Waals surface area (Å²) in [5.41, 5.74) is 0. The van der Waals surface area contributed by atoms with Crippen LogP contribution in [0.5, 0.6) is 11.5 Å². The van der Waals surface area contributed by atoms with E-state index in [-0.39, 0.29) is 21.1 Å². The van der Waals surface area contributed by atoms with Crippen LogP contribution in [0.2, 0.25) is 0 Å². The molecule has 0 bridgehead atoms. The van der Waals surface area contributed by atoms with Gasteiger partial charge in [0.2, 0.25) is 0 Å². The van der Waals surface area contributed by atoms with Crippen LogP contribution < -0.4 is 9.05 Å². The molecule has 2 aromatic carbocycles. The SMILES string of the molecule is C=O.C=O.C=O.C=O.[W].c1ccc(OP2OCCCO2)cc1.c1ccc(OP2OCCCO2)cc1. The van der Waals surface area contributed by atoms with Crippen LogP contribution in [0.15, 0.2) is 60.7 Å². The van der Waals surface area contributed by atoms with E-state index < -0.39 is 17.2 Å². The number of rotatable bonds is 4. The van der Waals surface area contributed by atoms with Gasteiger partial charge in [0.1, 0.15) is 38.7 Å². The molecule has 2 heterocycles. The van der Waals surface area contributed by atoms with E-state index in [1.165, 1.54) is 0 Å². The van der Waals surface area contributed by atoms with Crippen molar-refractivity contribution in [2.75, 3.05) is 26.4 Å². The number of benzene rings is 2. The molecule has 2 aliphatic heterocycles. The summed E-state index contributed by atoms with van der Waals surface area (Å²) < 4.78 is 32.2. The molecule has 0 radical (unpaired) electrons. The molecule has 2 saturated heterocycles. The number of para-hydroxylation sites is 2. The van der Waals surface area contributed by atoms with Gasteiger partial charge in [-0.1, -0.05) is 36.4 Å². The molecule has 0 amide bonds. The molecular weight excluding hydrogens is 670 g/mol. The van der Waals surface area contributed by atoms with Crippen molar-refractivity contribution in [2.45, 2.75) is 12.8 Å². The van der Waals surface area contributed by atoms with Crippen molar-refractivity contribution in [3.05, 3.63) is 60.7 Å².